The molecule has 4 aromatic rings. The summed E-state index contributed by atoms with van der Waals surface area (Å²) in [7, 11) is 2.14. The van der Waals surface area contributed by atoms with E-state index in [0.717, 1.165) is 65.7 Å². The van der Waals surface area contributed by atoms with E-state index in [4.69, 9.17) is 0 Å². The molecule has 1 aromatic heterocycles. The number of aryl methyl sites for hydroxylation is 1. The Morgan fingerprint density at radius 2 is 1.68 bits per heavy atom. The van der Waals surface area contributed by atoms with Crippen LogP contribution in [0.2, 0.25) is 0 Å². The molecule has 1 saturated heterocycles. The number of halogens is 3. The van der Waals surface area contributed by atoms with Crippen LogP contribution in [0.5, 0.6) is 5.75 Å². The quantitative estimate of drug-likeness (QED) is 0.189. The maximum atomic E-state index is 13.1. The zero-order valence-electron chi connectivity index (χ0n) is 24.7. The number of carbonyl (C=O) groups is 1. The molecule has 3 aromatic carbocycles. The largest absolute Gasteiger partial charge is 0.573 e. The minimum absolute atomic E-state index is 0.195. The molecule has 0 radical (unpaired) electrons. The van der Waals surface area contributed by atoms with Crippen molar-refractivity contribution in [3.63, 3.8) is 0 Å². The lowest BCUT2D eigenvalue weighted by Gasteiger charge is -2.32. The zero-order valence-corrected chi connectivity index (χ0v) is 25.6. The fourth-order valence-corrected chi connectivity index (χ4v) is 5.50. The van der Waals surface area contributed by atoms with Crippen molar-refractivity contribution in [2.75, 3.05) is 50.1 Å². The van der Waals surface area contributed by atoms with Gasteiger partial charge >= 0.3 is 6.36 Å². The molecule has 2 heterocycles. The van der Waals surface area contributed by atoms with Crippen molar-refractivity contribution in [3.05, 3.63) is 95.7 Å². The van der Waals surface area contributed by atoms with E-state index >= 15 is 0 Å². The van der Waals surface area contributed by atoms with Gasteiger partial charge in [-0.1, -0.05) is 24.3 Å². The smallest absolute Gasteiger partial charge is 0.406 e. The van der Waals surface area contributed by atoms with Crippen LogP contribution < -0.4 is 15.4 Å². The predicted octanol–water partition coefficient (Wildman–Crippen LogP) is 7.42. The van der Waals surface area contributed by atoms with Gasteiger partial charge in [0.05, 0.1) is 0 Å². The summed E-state index contributed by atoms with van der Waals surface area (Å²) in [5.41, 5.74) is 5.76. The number of amides is 1. The van der Waals surface area contributed by atoms with Gasteiger partial charge in [-0.05, 0) is 85.4 Å². The summed E-state index contributed by atoms with van der Waals surface area (Å²) >= 11 is 1.49. The van der Waals surface area contributed by atoms with Gasteiger partial charge in [0.1, 0.15) is 11.6 Å². The molecule has 0 bridgehead atoms. The molecule has 1 aliphatic rings. The normalized spacial score (nSPS) is 14.3. The van der Waals surface area contributed by atoms with Crippen LogP contribution in [0, 0.1) is 6.92 Å². The molecule has 7 nitrogen and oxygen atoms in total. The minimum Gasteiger partial charge on any atom is -0.406 e. The van der Waals surface area contributed by atoms with Crippen LogP contribution >= 0.6 is 11.8 Å². The molecule has 0 unspecified atom stereocenters. The fraction of sp³-hybridized carbons (Fsp3) is 0.273. The maximum absolute atomic E-state index is 13.1. The molecule has 11 heteroatoms. The van der Waals surface area contributed by atoms with Crippen molar-refractivity contribution < 1.29 is 22.7 Å². The number of rotatable bonds is 9. The van der Waals surface area contributed by atoms with Crippen molar-refractivity contribution in [3.8, 4) is 16.9 Å². The highest BCUT2D eigenvalue weighted by atomic mass is 32.2. The van der Waals surface area contributed by atoms with E-state index in [9.17, 15) is 18.0 Å². The average Bonchev–Trinajstić information content (AvgIpc) is 3.00. The third kappa shape index (κ3) is 8.31. The highest BCUT2D eigenvalue weighted by molar-refractivity contribution is 7.98. The first-order chi connectivity index (χ1) is 21.1. The number of thioether (sulfide) groups is 1. The number of hydrogen-bond acceptors (Lipinski definition) is 7. The van der Waals surface area contributed by atoms with Crippen LogP contribution in [-0.2, 0) is 6.54 Å². The van der Waals surface area contributed by atoms with Crippen LogP contribution in [0.25, 0.3) is 11.1 Å². The second kappa shape index (κ2) is 13.7. The lowest BCUT2D eigenvalue weighted by atomic mass is 10.1. The van der Waals surface area contributed by atoms with Crippen LogP contribution in [0.15, 0.2) is 83.9 Å². The molecular formula is C33H34F3N5O2S. The van der Waals surface area contributed by atoms with Gasteiger partial charge in [0, 0.05) is 66.3 Å². The Kier molecular flexibility index (Phi) is 9.77. The Hall–Kier alpha value is -4.06. The van der Waals surface area contributed by atoms with Gasteiger partial charge in [-0.25, -0.2) is 4.98 Å². The van der Waals surface area contributed by atoms with Crippen LogP contribution in [0.3, 0.4) is 0 Å². The number of nitrogens with one attached hydrogen (secondary N) is 2. The molecule has 0 aliphatic carbocycles. The summed E-state index contributed by atoms with van der Waals surface area (Å²) < 4.78 is 41.7. The Morgan fingerprint density at radius 3 is 2.34 bits per heavy atom. The van der Waals surface area contributed by atoms with E-state index < -0.39 is 6.36 Å². The average molecular weight is 622 g/mol. The number of pyridine rings is 1. The Morgan fingerprint density at radius 1 is 0.977 bits per heavy atom. The van der Waals surface area contributed by atoms with Crippen molar-refractivity contribution in [2.24, 2.45) is 0 Å². The van der Waals surface area contributed by atoms with E-state index in [1.165, 1.54) is 29.5 Å². The maximum Gasteiger partial charge on any atom is 0.573 e. The van der Waals surface area contributed by atoms with Gasteiger partial charge in [-0.15, -0.1) is 24.9 Å². The molecular weight excluding hydrogens is 587 g/mol. The first-order valence-electron chi connectivity index (χ1n) is 14.2. The van der Waals surface area contributed by atoms with Crippen molar-refractivity contribution in [1.82, 2.24) is 14.8 Å². The van der Waals surface area contributed by atoms with Gasteiger partial charge in [0.15, 0.2) is 0 Å². The number of piperazine rings is 1. The number of nitrogens with zero attached hydrogens (tertiary/aromatic N) is 3. The van der Waals surface area contributed by atoms with Crippen molar-refractivity contribution >= 4 is 34.9 Å². The van der Waals surface area contributed by atoms with Gasteiger partial charge in [-0.3, -0.25) is 9.69 Å². The molecule has 1 fully saturated rings. The number of benzene rings is 3. The SMILES string of the molecule is CSc1cnc(Nc2ccc(C(=O)Nc3cc(CN4CCN(C)CC4)ccc3C)cc2)cc1-c1ccc(OC(F)(F)F)cc1. The van der Waals surface area contributed by atoms with Gasteiger partial charge < -0.3 is 20.3 Å². The lowest BCUT2D eigenvalue weighted by molar-refractivity contribution is -0.274. The summed E-state index contributed by atoms with van der Waals surface area (Å²) in [4.78, 5) is 23.2. The van der Waals surface area contributed by atoms with Crippen molar-refractivity contribution in [2.45, 2.75) is 24.7 Å². The van der Waals surface area contributed by atoms with Crippen LogP contribution in [0.4, 0.5) is 30.4 Å². The first kappa shape index (κ1) is 31.4. The summed E-state index contributed by atoms with van der Waals surface area (Å²) in [6, 6.07) is 20.9. The topological polar surface area (TPSA) is 69.7 Å². The summed E-state index contributed by atoms with van der Waals surface area (Å²) in [5.74, 6) is 0.0782. The molecule has 44 heavy (non-hydrogen) atoms. The Balaban J connectivity index is 1.24. The van der Waals surface area contributed by atoms with E-state index in [-0.39, 0.29) is 11.7 Å². The molecule has 5 rings (SSSR count). The van der Waals surface area contributed by atoms with Gasteiger partial charge in [0.2, 0.25) is 0 Å². The number of likely N-dealkylation sites (N-methyl/N-ethyl adjacent to an activating group) is 1. The first-order valence-corrected chi connectivity index (χ1v) is 15.4. The number of ether oxygens (including phenoxy) is 1. The molecule has 0 spiro atoms. The third-order valence-electron chi connectivity index (χ3n) is 7.46. The molecule has 2 N–H and O–H groups in total. The van der Waals surface area contributed by atoms with E-state index in [1.807, 2.05) is 25.3 Å². The zero-order chi connectivity index (χ0) is 31.3. The molecule has 0 saturated carbocycles. The Bertz CT molecular complexity index is 1590. The second-order valence-corrected chi connectivity index (χ2v) is 11.6. The number of aromatic nitrogens is 1. The fourth-order valence-electron chi connectivity index (χ4n) is 4.95. The monoisotopic (exact) mass is 621 g/mol. The molecule has 1 amide bonds. The van der Waals surface area contributed by atoms with Gasteiger partial charge in [-0.2, -0.15) is 0 Å². The van der Waals surface area contributed by atoms with Crippen molar-refractivity contribution in [1.29, 1.82) is 0 Å². The van der Waals surface area contributed by atoms with Crippen LogP contribution in [0.1, 0.15) is 21.5 Å². The van der Waals surface area contributed by atoms with E-state index in [0.29, 0.717) is 11.4 Å². The number of hydrogen-bond donors (Lipinski definition) is 2. The second-order valence-electron chi connectivity index (χ2n) is 10.7. The summed E-state index contributed by atoms with van der Waals surface area (Å²) in [6.45, 7) is 6.99. The van der Waals surface area contributed by atoms with Crippen LogP contribution in [-0.4, -0.2) is 66.5 Å². The summed E-state index contributed by atoms with van der Waals surface area (Å²) in [6.07, 6.45) is -1.13. The highest BCUT2D eigenvalue weighted by Gasteiger charge is 2.31. The minimum atomic E-state index is -4.75. The predicted molar refractivity (Wildman–Crippen MR) is 170 cm³/mol. The standard InChI is InChI=1S/C33H34F3N5O2S/c1-22-4-5-23(21-41-16-14-40(2)15-17-41)18-29(22)39-32(42)25-6-10-26(11-7-25)38-31-19-28(30(44-3)20-37-31)24-8-12-27(13-9-24)43-33(34,35)36/h4-13,18-20H,14-17,21H2,1-3H3,(H,37,38)(H,39,42). The van der Waals surface area contributed by atoms with Gasteiger partial charge in [0.25, 0.3) is 5.91 Å². The molecule has 1 aliphatic heterocycles. The highest BCUT2D eigenvalue weighted by Crippen LogP contribution is 2.34. The number of alkyl halides is 3. The molecule has 230 valence electrons. The third-order valence-corrected chi connectivity index (χ3v) is 8.22. The van der Waals surface area contributed by atoms with E-state index in [1.54, 1.807) is 42.6 Å². The number of anilines is 3. The lowest BCUT2D eigenvalue weighted by Crippen LogP contribution is -2.43. The Labute approximate surface area is 259 Å². The summed E-state index contributed by atoms with van der Waals surface area (Å²) in [5, 5.41) is 6.31. The number of carbonyl (C=O) groups excluding carboxylic acids is 1. The van der Waals surface area contributed by atoms with E-state index in [2.05, 4.69) is 49.3 Å². The molecule has 0 atom stereocenters.